The number of aryl methyl sites for hydroxylation is 2. The van der Waals surface area contributed by atoms with Crippen molar-refractivity contribution < 1.29 is 13.2 Å². The normalized spacial score (nSPS) is 12.4. The maximum Gasteiger partial charge on any atom is 0.416 e. The summed E-state index contributed by atoms with van der Waals surface area (Å²) in [6.07, 6.45) is 18.6. The number of alkyl halides is 3. The lowest BCUT2D eigenvalue weighted by Crippen LogP contribution is -2.17. The van der Waals surface area contributed by atoms with E-state index in [4.69, 9.17) is 0 Å². The Balaban J connectivity index is -0.000000265. The van der Waals surface area contributed by atoms with Crippen LogP contribution >= 0.6 is 0 Å². The summed E-state index contributed by atoms with van der Waals surface area (Å²) in [6, 6.07) is 6.19. The van der Waals surface area contributed by atoms with Gasteiger partial charge in [0.25, 0.3) is 0 Å². The average Bonchev–Trinajstić information content (AvgIpc) is 3.66. The molecule has 0 spiro atoms. The molecule has 9 heteroatoms. The molecule has 0 bridgehead atoms. The monoisotopic (exact) mass is 661 g/mol. The van der Waals surface area contributed by atoms with Gasteiger partial charge in [0.15, 0.2) is 5.82 Å². The molecule has 0 unspecified atom stereocenters. The zero-order valence-corrected chi connectivity index (χ0v) is 30.9. The Morgan fingerprint density at radius 1 is 0.979 bits per heavy atom. The van der Waals surface area contributed by atoms with Crippen LogP contribution < -0.4 is 5.32 Å². The third-order valence-corrected chi connectivity index (χ3v) is 5.65. The molecule has 0 radical (unpaired) electrons. The summed E-state index contributed by atoms with van der Waals surface area (Å²) in [5.41, 5.74) is 2.83. The Kier molecular flexibility index (Phi) is 37.5. The number of likely N-dealkylation sites (tertiary alicyclic amines) is 1. The SMILES string of the molecule is C#C.C=CC.C=CCC.CC.CC.CCNCc1nnnn1-c1c(C)cccc1C.CN1CCCC1.FC(F)(F)C1=CC=CCC=C1. The molecule has 47 heavy (non-hydrogen) atoms. The smallest absolute Gasteiger partial charge is 0.310 e. The number of para-hydroxylation sites is 1. The highest BCUT2D eigenvalue weighted by Crippen LogP contribution is 2.27. The van der Waals surface area contributed by atoms with Crippen LogP contribution in [0, 0.1) is 26.7 Å². The maximum absolute atomic E-state index is 12.0. The van der Waals surface area contributed by atoms with E-state index in [9.17, 15) is 13.2 Å². The van der Waals surface area contributed by atoms with E-state index < -0.39 is 11.7 Å². The lowest BCUT2D eigenvalue weighted by atomic mass is 10.1. The predicted molar refractivity (Wildman–Crippen MR) is 199 cm³/mol. The molecule has 0 atom stereocenters. The van der Waals surface area contributed by atoms with Gasteiger partial charge in [-0.25, -0.2) is 0 Å². The highest BCUT2D eigenvalue weighted by Gasteiger charge is 2.31. The predicted octanol–water partition coefficient (Wildman–Crippen LogP) is 10.2. The summed E-state index contributed by atoms with van der Waals surface area (Å²) in [6.45, 7) is 29.2. The average molecular weight is 661 g/mol. The van der Waals surface area contributed by atoms with Gasteiger partial charge in [0.1, 0.15) is 0 Å². The van der Waals surface area contributed by atoms with Crippen molar-refractivity contribution in [1.82, 2.24) is 30.4 Å². The van der Waals surface area contributed by atoms with E-state index in [1.54, 1.807) is 12.2 Å². The zero-order chi connectivity index (χ0) is 37.1. The van der Waals surface area contributed by atoms with E-state index >= 15 is 0 Å². The summed E-state index contributed by atoms with van der Waals surface area (Å²) in [4.78, 5) is 2.36. The number of hydrogen-bond acceptors (Lipinski definition) is 5. The molecule has 266 valence electrons. The molecular weight excluding hydrogens is 597 g/mol. The van der Waals surface area contributed by atoms with Gasteiger partial charge in [-0.05, 0) is 94.7 Å². The van der Waals surface area contributed by atoms with Gasteiger partial charge in [0.05, 0.1) is 17.8 Å². The second-order valence-corrected chi connectivity index (χ2v) is 9.33. The van der Waals surface area contributed by atoms with Crippen molar-refractivity contribution in [2.24, 2.45) is 0 Å². The van der Waals surface area contributed by atoms with E-state index in [2.05, 4.69) is 98.6 Å². The number of terminal acetylenes is 1. The van der Waals surface area contributed by atoms with Gasteiger partial charge in [-0.3, -0.25) is 0 Å². The van der Waals surface area contributed by atoms with Crippen LogP contribution in [-0.4, -0.2) is 58.0 Å². The van der Waals surface area contributed by atoms with Crippen molar-refractivity contribution in [3.8, 4) is 18.5 Å². The summed E-state index contributed by atoms with van der Waals surface area (Å²) in [7, 11) is 2.17. The first-order valence-electron chi connectivity index (χ1n) is 16.4. The van der Waals surface area contributed by atoms with Crippen LogP contribution in [0.5, 0.6) is 0 Å². The third-order valence-electron chi connectivity index (χ3n) is 5.65. The summed E-state index contributed by atoms with van der Waals surface area (Å²) in [5.74, 6) is 0.837. The molecule has 1 aliphatic heterocycles. The fourth-order valence-electron chi connectivity index (χ4n) is 3.51. The zero-order valence-electron chi connectivity index (χ0n) is 30.9. The summed E-state index contributed by atoms with van der Waals surface area (Å²) in [5, 5.41) is 15.1. The number of hydrogen-bond donors (Lipinski definition) is 1. The van der Waals surface area contributed by atoms with Crippen molar-refractivity contribution in [3.05, 3.63) is 96.4 Å². The van der Waals surface area contributed by atoms with Gasteiger partial charge in [-0.15, -0.1) is 31.1 Å². The van der Waals surface area contributed by atoms with Crippen molar-refractivity contribution >= 4 is 0 Å². The molecule has 4 rings (SSSR count). The van der Waals surface area contributed by atoms with Gasteiger partial charge in [-0.2, -0.15) is 17.9 Å². The Bertz CT molecular complexity index is 1100. The Morgan fingerprint density at radius 3 is 1.89 bits per heavy atom. The molecule has 2 aliphatic rings. The molecule has 0 saturated carbocycles. The van der Waals surface area contributed by atoms with Crippen LogP contribution in [0.4, 0.5) is 13.2 Å². The number of aromatic nitrogens is 4. The van der Waals surface area contributed by atoms with Crippen molar-refractivity contribution in [1.29, 1.82) is 0 Å². The van der Waals surface area contributed by atoms with Gasteiger partial charge in [0, 0.05) is 0 Å². The van der Waals surface area contributed by atoms with Gasteiger partial charge < -0.3 is 10.2 Å². The van der Waals surface area contributed by atoms with Gasteiger partial charge in [0.2, 0.25) is 0 Å². The minimum absolute atomic E-state index is 0.566. The first kappa shape index (κ1) is 50.1. The van der Waals surface area contributed by atoms with E-state index in [1.165, 1.54) is 49.2 Å². The first-order chi connectivity index (χ1) is 22.6. The Hall–Kier alpha value is -3.74. The molecule has 1 N–H and O–H groups in total. The molecule has 1 aromatic carbocycles. The summed E-state index contributed by atoms with van der Waals surface area (Å²) >= 11 is 0. The maximum atomic E-state index is 12.0. The number of nitrogens with one attached hydrogen (secondary N) is 1. The van der Waals surface area contributed by atoms with Crippen molar-refractivity contribution in [2.75, 3.05) is 26.7 Å². The minimum atomic E-state index is -4.22. The van der Waals surface area contributed by atoms with Gasteiger partial charge >= 0.3 is 6.18 Å². The quantitative estimate of drug-likeness (QED) is 0.256. The number of tetrazole rings is 1. The highest BCUT2D eigenvalue weighted by molar-refractivity contribution is 5.46. The molecule has 2 heterocycles. The number of benzene rings is 1. The standard InChI is InChI=1S/C12H17N5.C8H7F3.C5H11N.C4H8.C3H6.2C2H6.C2H2/c1-4-13-8-11-14-15-16-17(11)12-9(2)6-5-7-10(12)3;9-8(10,11)7-5-3-1-2-4-6-7;1-6-4-2-3-5-6;1-3-4-2;1-3-2;3*1-2/h5-7,13H,4,8H2,1-3H3;1,3-6H,2H2;2-5H2,1H3;3H,1,4H2,2H3;3H,1H2,2H3;2*1-2H3;1-2H. The van der Waals surface area contributed by atoms with Crippen LogP contribution in [0.2, 0.25) is 0 Å². The molecule has 0 amide bonds. The van der Waals surface area contributed by atoms with E-state index in [0.29, 0.717) is 13.0 Å². The Morgan fingerprint density at radius 2 is 1.49 bits per heavy atom. The molecule has 1 saturated heterocycles. The highest BCUT2D eigenvalue weighted by atomic mass is 19.4. The number of rotatable bonds is 5. The lowest BCUT2D eigenvalue weighted by molar-refractivity contribution is -0.0881. The molecule has 1 aliphatic carbocycles. The molecule has 2 aromatic rings. The van der Waals surface area contributed by atoms with Crippen molar-refractivity contribution in [3.63, 3.8) is 0 Å². The molecule has 1 aromatic heterocycles. The van der Waals surface area contributed by atoms with Crippen LogP contribution in [0.1, 0.15) is 91.1 Å². The Labute approximate surface area is 285 Å². The minimum Gasteiger partial charge on any atom is -0.310 e. The van der Waals surface area contributed by atoms with Crippen molar-refractivity contribution in [2.45, 2.75) is 101 Å². The number of nitrogens with zero attached hydrogens (tertiary/aromatic N) is 5. The van der Waals surface area contributed by atoms with Crippen LogP contribution in [0.15, 0.2) is 79.5 Å². The largest absolute Gasteiger partial charge is 0.416 e. The first-order valence-corrected chi connectivity index (χ1v) is 16.4. The molecule has 6 nitrogen and oxygen atoms in total. The third kappa shape index (κ3) is 26.1. The second kappa shape index (κ2) is 35.1. The van der Waals surface area contributed by atoms with E-state index in [0.717, 1.165) is 36.6 Å². The number of allylic oxidation sites excluding steroid dienone is 8. The van der Waals surface area contributed by atoms with Crippen LogP contribution in [0.25, 0.3) is 5.69 Å². The second-order valence-electron chi connectivity index (χ2n) is 9.33. The van der Waals surface area contributed by atoms with E-state index in [1.807, 2.05) is 51.4 Å². The fourth-order valence-corrected chi connectivity index (χ4v) is 3.51. The molecule has 1 fully saturated rings. The van der Waals surface area contributed by atoms with Gasteiger partial charge in [-0.1, -0.05) is 102 Å². The van der Waals surface area contributed by atoms with E-state index in [-0.39, 0.29) is 0 Å². The van der Waals surface area contributed by atoms with Crippen LogP contribution in [-0.2, 0) is 6.54 Å². The fraction of sp³-hybridized carbons (Fsp3) is 0.500. The summed E-state index contributed by atoms with van der Waals surface area (Å²) < 4.78 is 37.7. The molecular formula is C38H63F3N6. The lowest BCUT2D eigenvalue weighted by Gasteiger charge is -2.10. The topological polar surface area (TPSA) is 58.9 Å². The number of halogens is 3. The van der Waals surface area contributed by atoms with Crippen LogP contribution in [0.3, 0.4) is 0 Å².